The summed E-state index contributed by atoms with van der Waals surface area (Å²) in [5.74, 6) is -0.967. The number of aliphatic imine (C=N–C) groups is 2. The maximum Gasteiger partial charge on any atom is 0.451 e. The smallest absolute Gasteiger partial charge is 0.341 e. The molecule has 0 radical (unpaired) electrons. The average molecular weight is 220 g/mol. The lowest BCUT2D eigenvalue weighted by atomic mass is 9.78. The molecule has 2 heterocycles. The van der Waals surface area contributed by atoms with Gasteiger partial charge in [-0.3, -0.25) is 4.99 Å². The lowest BCUT2D eigenvalue weighted by Gasteiger charge is -2.34. The zero-order chi connectivity index (χ0) is 11.1. The number of rotatable bonds is 0. The Morgan fingerprint density at radius 2 is 2.13 bits per heavy atom. The summed E-state index contributed by atoms with van der Waals surface area (Å²) >= 11 is 0. The number of fused-ring (bicyclic) bond motifs is 1. The molecular formula is C9H13F3N3+. The fourth-order valence-corrected chi connectivity index (χ4v) is 1.97. The second kappa shape index (κ2) is 3.30. The minimum Gasteiger partial charge on any atom is -0.341 e. The molecule has 2 aliphatic rings. The summed E-state index contributed by atoms with van der Waals surface area (Å²) in [6.45, 7) is 3.65. The van der Waals surface area contributed by atoms with Crippen molar-refractivity contribution in [3.63, 3.8) is 0 Å². The zero-order valence-electron chi connectivity index (χ0n) is 8.43. The molecule has 6 heteroatoms. The predicted molar refractivity (Wildman–Crippen MR) is 50.2 cm³/mol. The molecule has 0 aromatic rings. The van der Waals surface area contributed by atoms with Crippen LogP contribution < -0.4 is 5.32 Å². The Morgan fingerprint density at radius 3 is 2.80 bits per heavy atom. The molecule has 0 saturated carbocycles. The van der Waals surface area contributed by atoms with E-state index >= 15 is 0 Å². The maximum atomic E-state index is 12.4. The van der Waals surface area contributed by atoms with E-state index in [9.17, 15) is 13.2 Å². The van der Waals surface area contributed by atoms with Gasteiger partial charge in [-0.05, 0) is 0 Å². The van der Waals surface area contributed by atoms with Gasteiger partial charge in [0, 0.05) is 11.8 Å². The molecule has 15 heavy (non-hydrogen) atoms. The molecule has 3 nitrogen and oxygen atoms in total. The zero-order valence-corrected chi connectivity index (χ0v) is 8.43. The Morgan fingerprint density at radius 1 is 1.40 bits per heavy atom. The van der Waals surface area contributed by atoms with Crippen molar-refractivity contribution >= 4 is 11.5 Å². The summed E-state index contributed by atoms with van der Waals surface area (Å²) in [5.41, 5.74) is 0.389. The summed E-state index contributed by atoms with van der Waals surface area (Å²) in [6, 6.07) is 0. The van der Waals surface area contributed by atoms with Crippen molar-refractivity contribution in [2.24, 2.45) is 15.4 Å². The summed E-state index contributed by atoms with van der Waals surface area (Å²) in [6.07, 6.45) is -3.56. The van der Waals surface area contributed by atoms with Crippen molar-refractivity contribution in [3.8, 4) is 0 Å². The largest absolute Gasteiger partial charge is 0.451 e. The number of nitrogens with two attached hydrogens (primary N) is 1. The van der Waals surface area contributed by atoms with Gasteiger partial charge in [-0.15, -0.1) is 0 Å². The van der Waals surface area contributed by atoms with Gasteiger partial charge in [0.1, 0.15) is 6.54 Å². The van der Waals surface area contributed by atoms with E-state index in [0.29, 0.717) is 12.3 Å². The maximum absolute atomic E-state index is 12.4. The molecule has 1 fully saturated rings. The lowest BCUT2D eigenvalue weighted by molar-refractivity contribution is -0.648. The van der Waals surface area contributed by atoms with E-state index in [-0.39, 0.29) is 12.0 Å². The minimum atomic E-state index is -4.41. The summed E-state index contributed by atoms with van der Waals surface area (Å²) in [4.78, 5) is 7.20. The van der Waals surface area contributed by atoms with Crippen LogP contribution in [0, 0.1) is 5.41 Å². The number of hydrogen-bond acceptors (Lipinski definition) is 2. The predicted octanol–water partition coefficient (Wildman–Crippen LogP) is 0.375. The van der Waals surface area contributed by atoms with Crippen molar-refractivity contribution < 1.29 is 18.5 Å². The van der Waals surface area contributed by atoms with Crippen LogP contribution in [-0.2, 0) is 0 Å². The number of amidine groups is 1. The minimum absolute atomic E-state index is 0.217. The number of alkyl halides is 3. The lowest BCUT2D eigenvalue weighted by Crippen LogP contribution is -2.89. The first-order valence-corrected chi connectivity index (χ1v) is 4.93. The fraction of sp³-hybridized carbons (Fsp3) is 0.778. The molecule has 0 aromatic carbocycles. The van der Waals surface area contributed by atoms with Crippen LogP contribution in [0.15, 0.2) is 9.98 Å². The van der Waals surface area contributed by atoms with Gasteiger partial charge in [-0.2, -0.15) is 13.2 Å². The van der Waals surface area contributed by atoms with Crippen molar-refractivity contribution in [1.29, 1.82) is 0 Å². The van der Waals surface area contributed by atoms with Crippen LogP contribution in [0.5, 0.6) is 0 Å². The van der Waals surface area contributed by atoms with Gasteiger partial charge in [0.2, 0.25) is 5.84 Å². The number of halogens is 3. The van der Waals surface area contributed by atoms with Crippen molar-refractivity contribution in [2.75, 3.05) is 19.6 Å². The molecule has 2 N–H and O–H groups in total. The van der Waals surface area contributed by atoms with Gasteiger partial charge in [0.15, 0.2) is 0 Å². The van der Waals surface area contributed by atoms with Crippen LogP contribution in [0.4, 0.5) is 13.2 Å². The summed E-state index contributed by atoms with van der Waals surface area (Å²) < 4.78 is 37.1. The monoisotopic (exact) mass is 220 g/mol. The normalized spacial score (nSPS) is 31.7. The molecule has 1 unspecified atom stereocenters. The molecule has 0 bridgehead atoms. The number of nitrogens with zero attached hydrogens (tertiary/aromatic N) is 2. The third kappa shape index (κ3) is 1.90. The quantitative estimate of drug-likeness (QED) is 0.613. The Labute approximate surface area is 85.5 Å². The molecule has 0 amide bonds. The van der Waals surface area contributed by atoms with E-state index in [1.807, 2.05) is 12.2 Å². The van der Waals surface area contributed by atoms with E-state index in [4.69, 9.17) is 0 Å². The molecule has 0 aliphatic carbocycles. The van der Waals surface area contributed by atoms with E-state index in [0.717, 1.165) is 13.0 Å². The van der Waals surface area contributed by atoms with Crippen LogP contribution in [-0.4, -0.2) is 37.4 Å². The SMILES string of the molecule is CC12CC[NH2+]CC1=NC(C(F)(F)F)=NC2. The standard InChI is InChI=1S/C9H12F3N3/c1-8-2-3-13-4-6(8)15-7(14-5-8)9(10,11)12/h13H,2-5H2,1H3/p+1. The topological polar surface area (TPSA) is 41.3 Å². The van der Waals surface area contributed by atoms with Gasteiger partial charge >= 0.3 is 6.18 Å². The molecule has 2 rings (SSSR count). The van der Waals surface area contributed by atoms with E-state index in [2.05, 4.69) is 9.98 Å². The molecule has 2 aliphatic heterocycles. The second-order valence-corrected chi connectivity index (χ2v) is 4.29. The van der Waals surface area contributed by atoms with E-state index < -0.39 is 12.0 Å². The molecule has 1 saturated heterocycles. The molecule has 0 aromatic heterocycles. The number of piperidine rings is 1. The molecule has 1 atom stereocenters. The van der Waals surface area contributed by atoms with Gasteiger partial charge in [0.25, 0.3) is 0 Å². The molecule has 0 spiro atoms. The second-order valence-electron chi connectivity index (χ2n) is 4.29. The fourth-order valence-electron chi connectivity index (χ4n) is 1.97. The Bertz CT molecular complexity index is 332. The van der Waals surface area contributed by atoms with Crippen LogP contribution in [0.25, 0.3) is 0 Å². The van der Waals surface area contributed by atoms with Gasteiger partial charge in [0.05, 0.1) is 18.8 Å². The van der Waals surface area contributed by atoms with Crippen LogP contribution in [0.2, 0.25) is 0 Å². The van der Waals surface area contributed by atoms with E-state index in [1.54, 1.807) is 0 Å². The number of hydrogen-bond donors (Lipinski definition) is 1. The van der Waals surface area contributed by atoms with Gasteiger partial charge < -0.3 is 5.32 Å². The summed E-state index contributed by atoms with van der Waals surface area (Å²) in [7, 11) is 0. The average Bonchev–Trinajstić information content (AvgIpc) is 2.14. The first-order chi connectivity index (χ1) is 6.92. The Hall–Kier alpha value is -0.910. The highest BCUT2D eigenvalue weighted by molar-refractivity contribution is 6.05. The highest BCUT2D eigenvalue weighted by atomic mass is 19.4. The van der Waals surface area contributed by atoms with Crippen LogP contribution in [0.1, 0.15) is 13.3 Å². The van der Waals surface area contributed by atoms with Crippen LogP contribution in [0.3, 0.4) is 0 Å². The van der Waals surface area contributed by atoms with Gasteiger partial charge in [-0.25, -0.2) is 4.99 Å². The molecular weight excluding hydrogens is 207 g/mol. The first-order valence-electron chi connectivity index (χ1n) is 4.93. The third-order valence-corrected chi connectivity index (χ3v) is 3.01. The third-order valence-electron chi connectivity index (χ3n) is 3.01. The van der Waals surface area contributed by atoms with Gasteiger partial charge in [-0.1, -0.05) is 6.92 Å². The molecule has 84 valence electrons. The first kappa shape index (κ1) is 10.6. The van der Waals surface area contributed by atoms with E-state index in [1.165, 1.54) is 0 Å². The highest BCUT2D eigenvalue weighted by Crippen LogP contribution is 2.30. The van der Waals surface area contributed by atoms with Crippen molar-refractivity contribution in [1.82, 2.24) is 0 Å². The highest BCUT2D eigenvalue weighted by Gasteiger charge is 2.44. The Kier molecular flexibility index (Phi) is 2.33. The summed E-state index contributed by atoms with van der Waals surface area (Å²) in [5, 5.41) is 1.99. The van der Waals surface area contributed by atoms with Crippen molar-refractivity contribution in [3.05, 3.63) is 0 Å². The van der Waals surface area contributed by atoms with Crippen LogP contribution >= 0.6 is 0 Å². The Balaban J connectivity index is 2.28. The van der Waals surface area contributed by atoms with Crippen molar-refractivity contribution in [2.45, 2.75) is 19.5 Å². The number of quaternary nitrogens is 1.